The maximum Gasteiger partial charge on any atom is 0.243 e. The van der Waals surface area contributed by atoms with Crippen molar-refractivity contribution in [1.82, 2.24) is 10.2 Å². The standard InChI is InChI=1S/C34H42N8O4/c1-2-19-42(30-14-15-31-26(23-30)4-3-5-32(31)43)20-16-25-6-8-28(9-7-25)39-40-29-12-10-27(11-13-29)38-34(45)24-36-33(44)17-21-46-22-18-37-41-35/h3-13,30,43H,2,14-24H2,1H3,(H,36,44)(H,38,45)/b40-39+. The lowest BCUT2D eigenvalue weighted by molar-refractivity contribution is -0.125. The zero-order chi connectivity index (χ0) is 32.6. The van der Waals surface area contributed by atoms with Gasteiger partial charge >= 0.3 is 0 Å². The minimum Gasteiger partial charge on any atom is -0.508 e. The molecule has 4 rings (SSSR count). The summed E-state index contributed by atoms with van der Waals surface area (Å²) >= 11 is 0. The van der Waals surface area contributed by atoms with Crippen LogP contribution in [0.4, 0.5) is 17.1 Å². The van der Waals surface area contributed by atoms with Crippen LogP contribution in [0.15, 0.2) is 82.1 Å². The average molecular weight is 627 g/mol. The number of ether oxygens (including phenoxy) is 1. The van der Waals surface area contributed by atoms with Gasteiger partial charge in [-0.1, -0.05) is 36.3 Å². The molecule has 3 N–H and O–H groups in total. The molecule has 2 amide bonds. The summed E-state index contributed by atoms with van der Waals surface area (Å²) in [6, 6.07) is 21.5. The summed E-state index contributed by atoms with van der Waals surface area (Å²) in [6.07, 6.45) is 5.13. The zero-order valence-electron chi connectivity index (χ0n) is 26.3. The highest BCUT2D eigenvalue weighted by Crippen LogP contribution is 2.31. The summed E-state index contributed by atoms with van der Waals surface area (Å²) in [5, 5.41) is 27.5. The van der Waals surface area contributed by atoms with E-state index in [1.165, 1.54) is 11.1 Å². The number of nitrogens with zero attached hydrogens (tertiary/aromatic N) is 6. The Kier molecular flexibility index (Phi) is 13.5. The van der Waals surface area contributed by atoms with Gasteiger partial charge in [0.25, 0.3) is 0 Å². The van der Waals surface area contributed by atoms with E-state index in [1.807, 2.05) is 18.2 Å². The van der Waals surface area contributed by atoms with Gasteiger partial charge in [-0.05, 0) is 103 Å². The molecule has 0 heterocycles. The molecule has 1 atom stereocenters. The topological polar surface area (TPSA) is 164 Å². The monoisotopic (exact) mass is 626 g/mol. The van der Waals surface area contributed by atoms with E-state index < -0.39 is 0 Å². The maximum absolute atomic E-state index is 12.2. The van der Waals surface area contributed by atoms with Crippen LogP contribution in [0, 0.1) is 0 Å². The SMILES string of the molecule is CCCN(CCc1ccc(/N=N/c2ccc(NC(=O)CNC(=O)CCOCCN=[N+]=[N-])cc2)cc1)C1CCc2c(O)cccc2C1. The van der Waals surface area contributed by atoms with Crippen LogP contribution in [-0.4, -0.2) is 67.3 Å². The van der Waals surface area contributed by atoms with Crippen molar-refractivity contribution in [2.24, 2.45) is 15.3 Å². The fraction of sp³-hybridized carbons (Fsp3) is 0.412. The van der Waals surface area contributed by atoms with Gasteiger partial charge in [-0.3, -0.25) is 14.5 Å². The number of anilines is 1. The summed E-state index contributed by atoms with van der Waals surface area (Å²) in [6.45, 7) is 4.73. The van der Waals surface area contributed by atoms with Crippen LogP contribution in [0.3, 0.4) is 0 Å². The van der Waals surface area contributed by atoms with Crippen LogP contribution in [-0.2, 0) is 33.6 Å². The number of carbonyl (C=O) groups is 2. The van der Waals surface area contributed by atoms with Crippen molar-refractivity contribution in [3.8, 4) is 5.75 Å². The molecule has 0 spiro atoms. The molecule has 12 heteroatoms. The van der Waals surface area contributed by atoms with E-state index in [1.54, 1.807) is 30.3 Å². The fourth-order valence-electron chi connectivity index (χ4n) is 5.46. The number of phenolic OH excluding ortho intramolecular Hbond substituents is 1. The van der Waals surface area contributed by atoms with Crippen molar-refractivity contribution < 1.29 is 19.4 Å². The fourth-order valence-corrected chi connectivity index (χ4v) is 5.46. The molecule has 0 bridgehead atoms. The van der Waals surface area contributed by atoms with Crippen molar-refractivity contribution in [3.05, 3.63) is 93.9 Å². The largest absolute Gasteiger partial charge is 0.508 e. The molecule has 12 nitrogen and oxygen atoms in total. The van der Waals surface area contributed by atoms with Gasteiger partial charge in [-0.25, -0.2) is 0 Å². The number of rotatable bonds is 17. The third-order valence-corrected chi connectivity index (χ3v) is 7.83. The highest BCUT2D eigenvalue weighted by molar-refractivity contribution is 5.94. The van der Waals surface area contributed by atoms with Crippen molar-refractivity contribution in [2.75, 3.05) is 44.7 Å². The van der Waals surface area contributed by atoms with Crippen molar-refractivity contribution in [3.63, 3.8) is 0 Å². The quantitative estimate of drug-likeness (QED) is 0.0683. The van der Waals surface area contributed by atoms with E-state index in [0.29, 0.717) is 23.2 Å². The molecule has 1 aliphatic carbocycles. The second-order valence-electron chi connectivity index (χ2n) is 11.2. The van der Waals surface area contributed by atoms with Gasteiger partial charge in [-0.2, -0.15) is 10.2 Å². The lowest BCUT2D eigenvalue weighted by Crippen LogP contribution is -2.41. The summed E-state index contributed by atoms with van der Waals surface area (Å²) in [7, 11) is 0. The second kappa shape index (κ2) is 18.3. The smallest absolute Gasteiger partial charge is 0.243 e. The first-order valence-electron chi connectivity index (χ1n) is 15.7. The number of azo groups is 1. The third kappa shape index (κ3) is 11.0. The van der Waals surface area contributed by atoms with Crippen molar-refractivity contribution in [2.45, 2.75) is 51.5 Å². The van der Waals surface area contributed by atoms with Crippen LogP contribution < -0.4 is 10.6 Å². The van der Waals surface area contributed by atoms with Crippen molar-refractivity contribution >= 4 is 28.9 Å². The Morgan fingerprint density at radius 2 is 1.74 bits per heavy atom. The van der Waals surface area contributed by atoms with Crippen molar-refractivity contribution in [1.29, 1.82) is 0 Å². The van der Waals surface area contributed by atoms with Crippen LogP contribution >= 0.6 is 0 Å². The van der Waals surface area contributed by atoms with Gasteiger partial charge in [0.1, 0.15) is 5.75 Å². The molecule has 0 saturated heterocycles. The Hall–Kier alpha value is -4.77. The molecule has 3 aromatic carbocycles. The normalized spacial score (nSPS) is 14.1. The molecule has 1 aliphatic rings. The number of azide groups is 1. The van der Waals surface area contributed by atoms with E-state index in [-0.39, 0.29) is 44.5 Å². The Morgan fingerprint density at radius 3 is 2.46 bits per heavy atom. The van der Waals surface area contributed by atoms with E-state index in [4.69, 9.17) is 10.3 Å². The van der Waals surface area contributed by atoms with Gasteiger partial charge in [-0.15, -0.1) is 0 Å². The molecule has 0 radical (unpaired) electrons. The molecule has 0 aliphatic heterocycles. The summed E-state index contributed by atoms with van der Waals surface area (Å²) in [5.74, 6) is -0.236. The van der Waals surface area contributed by atoms with Crippen LogP contribution in [0.2, 0.25) is 0 Å². The summed E-state index contributed by atoms with van der Waals surface area (Å²) < 4.78 is 5.18. The van der Waals surface area contributed by atoms with Gasteiger partial charge in [0.15, 0.2) is 0 Å². The van der Waals surface area contributed by atoms with Gasteiger partial charge < -0.3 is 20.5 Å². The number of hydrogen-bond acceptors (Lipinski definition) is 8. The van der Waals surface area contributed by atoms with Crippen LogP contribution in [0.25, 0.3) is 10.4 Å². The molecular formula is C34H42N8O4. The lowest BCUT2D eigenvalue weighted by atomic mass is 9.86. The Morgan fingerprint density at radius 1 is 1.00 bits per heavy atom. The van der Waals surface area contributed by atoms with E-state index in [9.17, 15) is 14.7 Å². The molecule has 0 aromatic heterocycles. The van der Waals surface area contributed by atoms with Crippen LogP contribution in [0.1, 0.15) is 42.9 Å². The first-order chi connectivity index (χ1) is 22.4. The molecule has 46 heavy (non-hydrogen) atoms. The van der Waals surface area contributed by atoms with E-state index >= 15 is 0 Å². The van der Waals surface area contributed by atoms with Crippen LogP contribution in [0.5, 0.6) is 5.75 Å². The minimum atomic E-state index is -0.353. The molecule has 242 valence electrons. The molecule has 3 aromatic rings. The highest BCUT2D eigenvalue weighted by atomic mass is 16.5. The first kappa shape index (κ1) is 34.1. The third-order valence-electron chi connectivity index (χ3n) is 7.83. The van der Waals surface area contributed by atoms with E-state index in [0.717, 1.165) is 56.4 Å². The molecule has 0 saturated carbocycles. The number of aromatic hydroxyl groups is 1. The maximum atomic E-state index is 12.2. The predicted octanol–water partition coefficient (Wildman–Crippen LogP) is 6.39. The first-order valence-corrected chi connectivity index (χ1v) is 15.7. The number of nitrogens with one attached hydrogen (secondary N) is 2. The number of carbonyl (C=O) groups excluding carboxylic acids is 2. The molecule has 0 fully saturated rings. The number of amides is 2. The summed E-state index contributed by atoms with van der Waals surface area (Å²) in [5.41, 5.74) is 13.8. The predicted molar refractivity (Wildman–Crippen MR) is 178 cm³/mol. The van der Waals surface area contributed by atoms with Gasteiger partial charge in [0.05, 0.1) is 31.1 Å². The highest BCUT2D eigenvalue weighted by Gasteiger charge is 2.25. The molecular weight excluding hydrogens is 584 g/mol. The number of hydrogen-bond donors (Lipinski definition) is 3. The Labute approximate surface area is 269 Å². The Balaban J connectivity index is 1.18. The zero-order valence-corrected chi connectivity index (χ0v) is 26.3. The second-order valence-corrected chi connectivity index (χ2v) is 11.2. The number of phenols is 1. The van der Waals surface area contributed by atoms with E-state index in [2.05, 4.69) is 60.9 Å². The average Bonchev–Trinajstić information content (AvgIpc) is 3.07. The van der Waals surface area contributed by atoms with Gasteiger partial charge in [0, 0.05) is 36.2 Å². The van der Waals surface area contributed by atoms with Gasteiger partial charge in [0.2, 0.25) is 11.8 Å². The number of benzene rings is 3. The minimum absolute atomic E-state index is 0.104. The lowest BCUT2D eigenvalue weighted by Gasteiger charge is -2.35. The summed E-state index contributed by atoms with van der Waals surface area (Å²) in [4.78, 5) is 29.2. The molecule has 1 unspecified atom stereocenters. The Bertz CT molecular complexity index is 1500. The number of fused-ring (bicyclic) bond motifs is 1.